The second-order valence-electron chi connectivity index (χ2n) is 6.41. The Labute approximate surface area is 133 Å². The van der Waals surface area contributed by atoms with Crippen LogP contribution in [0.2, 0.25) is 23.2 Å². The highest BCUT2D eigenvalue weighted by atomic mass is 35.5. The van der Waals surface area contributed by atoms with Crippen molar-refractivity contribution in [1.82, 2.24) is 0 Å². The minimum atomic E-state index is -2.11. The molecule has 1 aromatic rings. The molecule has 1 rings (SSSR count). The van der Waals surface area contributed by atoms with Gasteiger partial charge >= 0.3 is 5.97 Å². The number of hydrogen-bond donors (Lipinski definition) is 0. The Morgan fingerprint density at radius 2 is 1.71 bits per heavy atom. The monoisotopic (exact) mass is 326 g/mol. The maximum atomic E-state index is 12.0. The van der Waals surface area contributed by atoms with Crippen LogP contribution in [0.4, 0.5) is 0 Å². The van der Waals surface area contributed by atoms with Gasteiger partial charge in [0.2, 0.25) is 0 Å². The van der Waals surface area contributed by atoms with Gasteiger partial charge in [-0.25, -0.2) is 4.79 Å². The summed E-state index contributed by atoms with van der Waals surface area (Å²) in [7, 11) is -0.753. The summed E-state index contributed by atoms with van der Waals surface area (Å²) < 4.78 is 10.9. The topological polar surface area (TPSA) is 35.5 Å². The Morgan fingerprint density at radius 3 is 2.14 bits per heavy atom. The molecular formula is C16H23ClO3Si. The summed E-state index contributed by atoms with van der Waals surface area (Å²) in [6, 6.07) is 7.21. The van der Waals surface area contributed by atoms with E-state index in [1.165, 1.54) is 7.11 Å². The zero-order chi connectivity index (χ0) is 16.3. The van der Waals surface area contributed by atoms with Gasteiger partial charge in [0.1, 0.15) is 0 Å². The number of rotatable bonds is 4. The maximum Gasteiger partial charge on any atom is 0.371 e. The highest BCUT2D eigenvalue weighted by Crippen LogP contribution is 2.38. The average Bonchev–Trinajstić information content (AvgIpc) is 2.38. The molecule has 0 atom stereocenters. The fourth-order valence-electron chi connectivity index (χ4n) is 1.37. The van der Waals surface area contributed by atoms with Crippen molar-refractivity contribution in [2.24, 2.45) is 0 Å². The van der Waals surface area contributed by atoms with Crippen LogP contribution in [0, 0.1) is 0 Å². The van der Waals surface area contributed by atoms with Crippen LogP contribution in [-0.4, -0.2) is 21.4 Å². The number of benzene rings is 1. The average molecular weight is 327 g/mol. The largest absolute Gasteiger partial charge is 0.539 e. The zero-order valence-electron chi connectivity index (χ0n) is 13.5. The molecule has 0 saturated carbocycles. The van der Waals surface area contributed by atoms with Crippen molar-refractivity contribution in [2.75, 3.05) is 7.11 Å². The van der Waals surface area contributed by atoms with Crippen LogP contribution in [0.5, 0.6) is 0 Å². The molecule has 0 aliphatic carbocycles. The zero-order valence-corrected chi connectivity index (χ0v) is 15.2. The van der Waals surface area contributed by atoms with Crippen LogP contribution >= 0.6 is 11.6 Å². The molecule has 21 heavy (non-hydrogen) atoms. The molecule has 0 spiro atoms. The standard InChI is InChI=1S/C16H23ClO3Si/c1-16(2,3)21(5,6)20-14(15(18)19-4)11-12-7-9-13(17)10-8-12/h7-11H,1-6H3/b14-11-. The quantitative estimate of drug-likeness (QED) is 0.342. The van der Waals surface area contributed by atoms with Crippen molar-refractivity contribution in [3.05, 3.63) is 40.6 Å². The number of carbonyl (C=O) groups excluding carboxylic acids is 1. The lowest BCUT2D eigenvalue weighted by atomic mass is 10.2. The van der Waals surface area contributed by atoms with Gasteiger partial charge in [-0.2, -0.15) is 0 Å². The number of esters is 1. The summed E-state index contributed by atoms with van der Waals surface area (Å²) in [5, 5.41) is 0.650. The molecule has 0 aliphatic heterocycles. The van der Waals surface area contributed by atoms with Gasteiger partial charge in [-0.3, -0.25) is 0 Å². The first kappa shape index (κ1) is 17.8. The van der Waals surface area contributed by atoms with Crippen LogP contribution in [0.1, 0.15) is 26.3 Å². The fourth-order valence-corrected chi connectivity index (χ4v) is 2.49. The molecule has 116 valence electrons. The van der Waals surface area contributed by atoms with E-state index in [0.717, 1.165) is 5.56 Å². The summed E-state index contributed by atoms with van der Waals surface area (Å²) >= 11 is 5.87. The minimum Gasteiger partial charge on any atom is -0.539 e. The van der Waals surface area contributed by atoms with E-state index in [1.54, 1.807) is 18.2 Å². The van der Waals surface area contributed by atoms with E-state index < -0.39 is 14.3 Å². The molecule has 0 saturated heterocycles. The van der Waals surface area contributed by atoms with E-state index >= 15 is 0 Å². The number of halogens is 1. The molecule has 0 aliphatic rings. The van der Waals surface area contributed by atoms with Crippen molar-refractivity contribution in [1.29, 1.82) is 0 Å². The Bertz CT molecular complexity index is 527. The molecule has 0 N–H and O–H groups in total. The Kier molecular flexibility index (Phi) is 5.65. The van der Waals surface area contributed by atoms with E-state index in [9.17, 15) is 4.79 Å². The van der Waals surface area contributed by atoms with Gasteiger partial charge in [-0.15, -0.1) is 0 Å². The summed E-state index contributed by atoms with van der Waals surface area (Å²) in [4.78, 5) is 12.0. The maximum absolute atomic E-state index is 12.0. The predicted molar refractivity (Wildman–Crippen MR) is 89.7 cm³/mol. The highest BCUT2D eigenvalue weighted by Gasteiger charge is 2.40. The first-order valence-corrected chi connectivity index (χ1v) is 10.1. The normalized spacial score (nSPS) is 13.0. The van der Waals surface area contributed by atoms with Crippen molar-refractivity contribution < 1.29 is 14.0 Å². The van der Waals surface area contributed by atoms with E-state index in [4.69, 9.17) is 20.8 Å². The van der Waals surface area contributed by atoms with E-state index in [2.05, 4.69) is 33.9 Å². The number of methoxy groups -OCH3 is 1. The highest BCUT2D eigenvalue weighted by molar-refractivity contribution is 6.74. The predicted octanol–water partition coefficient (Wildman–Crippen LogP) is 4.88. The third kappa shape index (κ3) is 4.90. The summed E-state index contributed by atoms with van der Waals surface area (Å²) in [6.45, 7) is 10.5. The lowest BCUT2D eigenvalue weighted by Crippen LogP contribution is -2.41. The number of ether oxygens (including phenoxy) is 1. The Hall–Kier alpha value is -1.26. The molecule has 0 bridgehead atoms. The lowest BCUT2D eigenvalue weighted by molar-refractivity contribution is -0.138. The van der Waals surface area contributed by atoms with Gasteiger partial charge in [0, 0.05) is 5.02 Å². The summed E-state index contributed by atoms with van der Waals surface area (Å²) in [6.07, 6.45) is 1.70. The molecule has 1 aromatic carbocycles. The van der Waals surface area contributed by atoms with Gasteiger partial charge in [-0.05, 0) is 41.9 Å². The molecule has 0 fully saturated rings. The minimum absolute atomic E-state index is 0.000107. The van der Waals surface area contributed by atoms with Gasteiger partial charge in [0.05, 0.1) is 7.11 Å². The van der Waals surface area contributed by atoms with Crippen LogP contribution in [0.25, 0.3) is 6.08 Å². The van der Waals surface area contributed by atoms with Crippen molar-refractivity contribution in [2.45, 2.75) is 38.9 Å². The molecule has 5 heteroatoms. The molecular weight excluding hydrogens is 304 g/mol. The first-order valence-electron chi connectivity index (χ1n) is 6.81. The number of carbonyl (C=O) groups is 1. The third-order valence-electron chi connectivity index (χ3n) is 3.73. The van der Waals surface area contributed by atoms with Crippen LogP contribution in [-0.2, 0) is 14.0 Å². The van der Waals surface area contributed by atoms with Gasteiger partial charge in [-0.1, -0.05) is 44.5 Å². The van der Waals surface area contributed by atoms with Crippen LogP contribution < -0.4 is 0 Å². The Morgan fingerprint density at radius 1 is 1.19 bits per heavy atom. The lowest BCUT2D eigenvalue weighted by Gasteiger charge is -2.36. The summed E-state index contributed by atoms with van der Waals surface area (Å²) in [5.74, 6) is -0.221. The molecule has 0 radical (unpaired) electrons. The van der Waals surface area contributed by atoms with Crippen molar-refractivity contribution in [3.63, 3.8) is 0 Å². The molecule has 0 heterocycles. The van der Waals surface area contributed by atoms with Crippen molar-refractivity contribution in [3.8, 4) is 0 Å². The second-order valence-corrected chi connectivity index (χ2v) is 11.6. The van der Waals surface area contributed by atoms with E-state index in [1.807, 2.05) is 12.1 Å². The smallest absolute Gasteiger partial charge is 0.371 e. The van der Waals surface area contributed by atoms with E-state index in [0.29, 0.717) is 5.02 Å². The number of hydrogen-bond acceptors (Lipinski definition) is 3. The SMILES string of the molecule is COC(=O)/C(=C/c1ccc(Cl)cc1)O[Si](C)(C)C(C)(C)C. The molecule has 0 aromatic heterocycles. The molecule has 0 amide bonds. The fraction of sp³-hybridized carbons (Fsp3) is 0.438. The van der Waals surface area contributed by atoms with Crippen LogP contribution in [0.3, 0.4) is 0 Å². The van der Waals surface area contributed by atoms with Crippen molar-refractivity contribution >= 4 is 32.0 Å². The summed E-state index contributed by atoms with van der Waals surface area (Å²) in [5.41, 5.74) is 0.846. The van der Waals surface area contributed by atoms with Crippen LogP contribution in [0.15, 0.2) is 30.0 Å². The van der Waals surface area contributed by atoms with Gasteiger partial charge in [0.15, 0.2) is 5.76 Å². The van der Waals surface area contributed by atoms with Gasteiger partial charge < -0.3 is 9.16 Å². The first-order chi connectivity index (χ1) is 9.56. The third-order valence-corrected chi connectivity index (χ3v) is 8.32. The molecule has 0 unspecified atom stereocenters. The van der Waals surface area contributed by atoms with E-state index in [-0.39, 0.29) is 10.8 Å². The second kappa shape index (κ2) is 6.67. The molecule has 3 nitrogen and oxygen atoms in total. The van der Waals surface area contributed by atoms with Gasteiger partial charge in [0.25, 0.3) is 8.32 Å². The Balaban J connectivity index is 3.13.